The Bertz CT molecular complexity index is 1150. The number of hydrogen-bond acceptors (Lipinski definition) is 3. The van der Waals surface area contributed by atoms with Crippen molar-refractivity contribution in [3.05, 3.63) is 12.2 Å². The van der Waals surface area contributed by atoms with E-state index in [0.717, 1.165) is 32.3 Å². The van der Waals surface area contributed by atoms with Crippen LogP contribution in [0.2, 0.25) is 0 Å². The molecule has 7 aliphatic carbocycles. The molecule has 0 radical (unpaired) electrons. The Labute approximate surface area is 229 Å². The molecule has 7 fully saturated rings. The minimum Gasteiger partial charge on any atom is -0.481 e. The molecule has 1 saturated heterocycles. The van der Waals surface area contributed by atoms with Gasteiger partial charge in [-0.1, -0.05) is 39.8 Å². The highest BCUT2D eigenvalue weighted by Gasteiger charge is 2.82. The molecule has 2 spiro atoms. The molecule has 4 nitrogen and oxygen atoms in total. The molecule has 4 heteroatoms. The van der Waals surface area contributed by atoms with Crippen LogP contribution in [-0.2, 0) is 9.53 Å². The van der Waals surface area contributed by atoms with Gasteiger partial charge in [-0.25, -0.2) is 0 Å². The molecule has 0 aromatic heterocycles. The fourth-order valence-corrected chi connectivity index (χ4v) is 14.6. The summed E-state index contributed by atoms with van der Waals surface area (Å²) in [7, 11) is 0. The zero-order chi connectivity index (χ0) is 26.8. The molecule has 1 aliphatic heterocycles. The molecule has 38 heavy (non-hydrogen) atoms. The van der Waals surface area contributed by atoms with Gasteiger partial charge in [-0.2, -0.15) is 0 Å². The first-order valence-electron chi connectivity index (χ1n) is 16.0. The van der Waals surface area contributed by atoms with Gasteiger partial charge in [-0.05, 0) is 128 Å². The maximum atomic E-state index is 12.5. The maximum Gasteiger partial charge on any atom is 0.309 e. The molecule has 8 rings (SSSR count). The van der Waals surface area contributed by atoms with Crippen LogP contribution < -0.4 is 0 Å². The Morgan fingerprint density at radius 2 is 1.68 bits per heavy atom. The fraction of sp³-hybridized carbons (Fsp3) is 0.912. The summed E-state index contributed by atoms with van der Waals surface area (Å²) in [6.45, 7) is 13.0. The summed E-state index contributed by atoms with van der Waals surface area (Å²) in [6, 6.07) is 0. The van der Waals surface area contributed by atoms with Gasteiger partial charge in [0.15, 0.2) is 5.79 Å². The van der Waals surface area contributed by atoms with Gasteiger partial charge < -0.3 is 14.9 Å². The number of aliphatic hydroxyl groups is 1. The molecule has 210 valence electrons. The molecule has 0 aromatic carbocycles. The highest BCUT2D eigenvalue weighted by molar-refractivity contribution is 5.74. The van der Waals surface area contributed by atoms with Crippen LogP contribution in [0.25, 0.3) is 0 Å². The van der Waals surface area contributed by atoms with Crippen molar-refractivity contribution < 1.29 is 19.7 Å². The van der Waals surface area contributed by atoms with E-state index in [1.807, 2.05) is 6.92 Å². The molecule has 8 aliphatic rings. The predicted octanol–water partition coefficient (Wildman–Crippen LogP) is 7.21. The van der Waals surface area contributed by atoms with Gasteiger partial charge in [0.1, 0.15) is 0 Å². The van der Waals surface area contributed by atoms with Crippen molar-refractivity contribution in [1.29, 1.82) is 0 Å². The van der Waals surface area contributed by atoms with Gasteiger partial charge in [0, 0.05) is 17.8 Å². The van der Waals surface area contributed by atoms with Crippen molar-refractivity contribution in [2.24, 2.45) is 67.5 Å². The van der Waals surface area contributed by atoms with E-state index < -0.39 is 17.2 Å². The minimum absolute atomic E-state index is 0.0885. The van der Waals surface area contributed by atoms with Crippen molar-refractivity contribution in [3.63, 3.8) is 0 Å². The third-order valence-corrected chi connectivity index (χ3v) is 16.6. The lowest BCUT2D eigenvalue weighted by Gasteiger charge is -2.80. The Kier molecular flexibility index (Phi) is 4.44. The van der Waals surface area contributed by atoms with Crippen molar-refractivity contribution in [2.45, 2.75) is 117 Å². The summed E-state index contributed by atoms with van der Waals surface area (Å²) >= 11 is 0. The SMILES string of the molecule is C[C@@H]1[C@]23CC[C@H]4[C@@]56CC=C[C@](CC[C@@H]5C[C@@]5(C)[C@@H]7C[C@](C)(C(=O)O)CC[C@]7(C)CC[C@]45C)(C[C@]1(O)OC2)C36. The van der Waals surface area contributed by atoms with Gasteiger partial charge in [-0.15, -0.1) is 0 Å². The molecule has 0 amide bonds. The summed E-state index contributed by atoms with van der Waals surface area (Å²) in [4.78, 5) is 12.5. The first-order valence-corrected chi connectivity index (χ1v) is 16.0. The second kappa shape index (κ2) is 6.77. The van der Waals surface area contributed by atoms with E-state index >= 15 is 0 Å². The zero-order valence-electron chi connectivity index (χ0n) is 24.4. The number of ether oxygens (including phenoxy) is 1. The third kappa shape index (κ3) is 2.38. The van der Waals surface area contributed by atoms with Gasteiger partial charge in [-0.3, -0.25) is 4.79 Å². The van der Waals surface area contributed by atoms with E-state index in [0.29, 0.717) is 29.1 Å². The lowest BCUT2D eigenvalue weighted by atomic mass is 9.23. The Morgan fingerprint density at radius 1 is 0.921 bits per heavy atom. The van der Waals surface area contributed by atoms with Crippen LogP contribution in [-0.4, -0.2) is 28.6 Å². The molecule has 6 saturated carbocycles. The van der Waals surface area contributed by atoms with E-state index in [1.165, 1.54) is 51.4 Å². The van der Waals surface area contributed by atoms with Crippen LogP contribution in [0.1, 0.15) is 112 Å². The second-order valence-electron chi connectivity index (χ2n) is 17.3. The van der Waals surface area contributed by atoms with Crippen molar-refractivity contribution in [2.75, 3.05) is 6.61 Å². The van der Waals surface area contributed by atoms with E-state index in [4.69, 9.17) is 4.74 Å². The predicted molar refractivity (Wildman–Crippen MR) is 146 cm³/mol. The smallest absolute Gasteiger partial charge is 0.309 e. The number of rotatable bonds is 1. The molecular formula is C34H50O4. The van der Waals surface area contributed by atoms with Crippen LogP contribution in [0.4, 0.5) is 0 Å². The average molecular weight is 523 g/mol. The van der Waals surface area contributed by atoms with E-state index in [9.17, 15) is 15.0 Å². The van der Waals surface area contributed by atoms with Gasteiger partial charge in [0.05, 0.1) is 12.0 Å². The highest BCUT2D eigenvalue weighted by Crippen LogP contribution is 2.86. The molecule has 0 aromatic rings. The first-order chi connectivity index (χ1) is 17.7. The summed E-state index contributed by atoms with van der Waals surface area (Å²) in [5, 5.41) is 22.1. The average Bonchev–Trinajstić information content (AvgIpc) is 3.01. The monoisotopic (exact) mass is 522 g/mol. The molecule has 1 heterocycles. The van der Waals surface area contributed by atoms with Crippen LogP contribution in [0, 0.1) is 67.5 Å². The van der Waals surface area contributed by atoms with Crippen LogP contribution >= 0.6 is 0 Å². The Hall–Kier alpha value is -0.870. The minimum atomic E-state index is -0.956. The number of fused-ring (bicyclic) bond motifs is 5. The Morgan fingerprint density at radius 3 is 2.45 bits per heavy atom. The zero-order valence-corrected chi connectivity index (χ0v) is 24.4. The van der Waals surface area contributed by atoms with Crippen molar-refractivity contribution in [3.8, 4) is 0 Å². The van der Waals surface area contributed by atoms with Crippen LogP contribution in [0.3, 0.4) is 0 Å². The maximum absolute atomic E-state index is 12.5. The number of carboxylic acids is 1. The summed E-state index contributed by atoms with van der Waals surface area (Å²) in [6.07, 6.45) is 18.6. The van der Waals surface area contributed by atoms with Gasteiger partial charge in [0.2, 0.25) is 0 Å². The third-order valence-electron chi connectivity index (χ3n) is 16.6. The lowest BCUT2D eigenvalue weighted by Crippen LogP contribution is -2.75. The Balaban J connectivity index is 1.29. The standard InChI is InChI=1S/C34H50O4/c1-21-32-12-8-23-29(4)16-15-27(2)13-14-28(3,26(35)36)18-24(27)30(29,5)17-22-7-11-31(19-34(21,37)38-20-32)9-6-10-33(22,23)25(31)32/h6,9,21-25,37H,7-8,10-20H2,1-5H3,(H,35,36)/t21-,22-,23-,24-,25?,27-,28-,29-,30+,31+,32+,33-,34+/m1/s1. The van der Waals surface area contributed by atoms with Crippen LogP contribution in [0.15, 0.2) is 12.2 Å². The molecule has 1 unspecified atom stereocenters. The second-order valence-corrected chi connectivity index (χ2v) is 17.3. The number of aliphatic carboxylic acids is 1. The molecular weight excluding hydrogens is 472 g/mol. The van der Waals surface area contributed by atoms with E-state index in [2.05, 4.69) is 39.8 Å². The number of hydrogen-bond donors (Lipinski definition) is 2. The quantitative estimate of drug-likeness (QED) is 0.357. The molecule has 4 bridgehead atoms. The topological polar surface area (TPSA) is 66.8 Å². The fourth-order valence-electron chi connectivity index (χ4n) is 14.6. The number of carbonyl (C=O) groups is 1. The summed E-state index contributed by atoms with van der Waals surface area (Å²) in [5.74, 6) is 1.16. The van der Waals surface area contributed by atoms with Gasteiger partial charge in [0.25, 0.3) is 0 Å². The number of carboxylic acid groups (broad SMARTS) is 1. The summed E-state index contributed by atoms with van der Waals surface area (Å²) in [5.41, 5.74) is 0.591. The van der Waals surface area contributed by atoms with Crippen molar-refractivity contribution in [1.82, 2.24) is 0 Å². The van der Waals surface area contributed by atoms with E-state index in [1.54, 1.807) is 0 Å². The highest BCUT2D eigenvalue weighted by atomic mass is 16.6. The summed E-state index contributed by atoms with van der Waals surface area (Å²) < 4.78 is 6.41. The molecule has 2 N–H and O–H groups in total. The first kappa shape index (κ1) is 24.9. The largest absolute Gasteiger partial charge is 0.481 e. The van der Waals surface area contributed by atoms with Crippen molar-refractivity contribution >= 4 is 5.97 Å². The normalized spacial score (nSPS) is 65.4. The van der Waals surface area contributed by atoms with Gasteiger partial charge >= 0.3 is 5.97 Å². The van der Waals surface area contributed by atoms with E-state index in [-0.39, 0.29) is 33.0 Å². The number of allylic oxidation sites excluding steroid dienone is 2. The molecule has 13 atom stereocenters. The lowest BCUT2D eigenvalue weighted by molar-refractivity contribution is -0.327. The van der Waals surface area contributed by atoms with Crippen LogP contribution in [0.5, 0.6) is 0 Å².